The third kappa shape index (κ3) is 6.61. The number of rotatable bonds is 11. The second kappa shape index (κ2) is 12.7. The van der Waals surface area contributed by atoms with Crippen molar-refractivity contribution in [1.82, 2.24) is 5.32 Å². The Labute approximate surface area is 237 Å². The Bertz CT molecular complexity index is 1480. The molecule has 0 aliphatic carbocycles. The molecule has 1 heterocycles. The lowest BCUT2D eigenvalue weighted by Crippen LogP contribution is -2.49. The highest BCUT2D eigenvalue weighted by Crippen LogP contribution is 2.42. The molecule has 5 rings (SSSR count). The molecular weight excluding hydrogens is 526 g/mol. The van der Waals surface area contributed by atoms with Crippen molar-refractivity contribution in [2.24, 2.45) is 4.99 Å². The molecule has 1 aliphatic rings. The number of hydrogen-bond acceptors (Lipinski definition) is 5. The third-order valence-electron chi connectivity index (χ3n) is 6.82. The summed E-state index contributed by atoms with van der Waals surface area (Å²) >= 11 is 0. The first-order chi connectivity index (χ1) is 20.0. The predicted molar refractivity (Wildman–Crippen MR) is 152 cm³/mol. The lowest BCUT2D eigenvalue weighted by atomic mass is 9.82. The summed E-state index contributed by atoms with van der Waals surface area (Å²) in [7, 11) is 0. The van der Waals surface area contributed by atoms with Crippen molar-refractivity contribution in [2.45, 2.75) is 31.0 Å². The van der Waals surface area contributed by atoms with Crippen LogP contribution in [-0.2, 0) is 22.5 Å². The first-order valence-electron chi connectivity index (χ1n) is 13.4. The van der Waals surface area contributed by atoms with E-state index < -0.39 is 29.2 Å². The standard InChI is InChI=1S/C33H30F2N2O4/c34-27-18-24(19-28(35)20-27)22-36-32(39)33(21-23-8-3-1-4-9-23)30(25-10-5-2-6-11-25)41-31(37-33)26-12-14-29(15-13-26)40-17-7-16-38/h1-6,8-15,18-20,30,38H,7,16-17,21-22H2,(H,36,39)/t30-,33-/m1/s1. The van der Waals surface area contributed by atoms with Crippen LogP contribution in [0.2, 0.25) is 0 Å². The Morgan fingerprint density at radius 1 is 0.902 bits per heavy atom. The van der Waals surface area contributed by atoms with E-state index in [1.165, 1.54) is 12.1 Å². The quantitative estimate of drug-likeness (QED) is 0.238. The van der Waals surface area contributed by atoms with E-state index in [9.17, 15) is 13.6 Å². The molecule has 1 amide bonds. The SMILES string of the molecule is O=C(NCc1cc(F)cc(F)c1)[C@]1(Cc2ccccc2)N=C(c2ccc(OCCCO)cc2)O[C@@H]1c1ccccc1. The number of halogens is 2. The first kappa shape index (κ1) is 28.0. The monoisotopic (exact) mass is 556 g/mol. The number of amides is 1. The zero-order valence-corrected chi connectivity index (χ0v) is 22.3. The van der Waals surface area contributed by atoms with Gasteiger partial charge in [0.25, 0.3) is 5.91 Å². The normalized spacial score (nSPS) is 17.9. The van der Waals surface area contributed by atoms with Gasteiger partial charge in [-0.1, -0.05) is 60.7 Å². The number of aliphatic hydroxyl groups is 1. The lowest BCUT2D eigenvalue weighted by molar-refractivity contribution is -0.129. The average Bonchev–Trinajstić information content (AvgIpc) is 3.37. The minimum atomic E-state index is -1.42. The van der Waals surface area contributed by atoms with Crippen molar-refractivity contribution in [3.8, 4) is 5.75 Å². The molecule has 0 aromatic heterocycles. The number of hydrogen-bond donors (Lipinski definition) is 2. The van der Waals surface area contributed by atoms with Gasteiger partial charge in [0.1, 0.15) is 17.4 Å². The molecule has 0 spiro atoms. The minimum absolute atomic E-state index is 0.0450. The Morgan fingerprint density at radius 2 is 1.56 bits per heavy atom. The molecule has 0 radical (unpaired) electrons. The van der Waals surface area contributed by atoms with Crippen molar-refractivity contribution in [2.75, 3.05) is 13.2 Å². The van der Waals surface area contributed by atoms with Gasteiger partial charge in [0.05, 0.1) is 6.61 Å². The maximum Gasteiger partial charge on any atom is 0.252 e. The van der Waals surface area contributed by atoms with Crippen molar-refractivity contribution in [3.05, 3.63) is 137 Å². The maximum absolute atomic E-state index is 14.2. The van der Waals surface area contributed by atoms with Gasteiger partial charge in [0, 0.05) is 37.6 Å². The molecule has 210 valence electrons. The van der Waals surface area contributed by atoms with Crippen LogP contribution in [0, 0.1) is 11.6 Å². The van der Waals surface area contributed by atoms with E-state index in [0.717, 1.165) is 17.2 Å². The van der Waals surface area contributed by atoms with Gasteiger partial charge in [-0.15, -0.1) is 0 Å². The Hall–Kier alpha value is -4.56. The minimum Gasteiger partial charge on any atom is -0.494 e. The first-order valence-corrected chi connectivity index (χ1v) is 13.4. The van der Waals surface area contributed by atoms with Gasteiger partial charge in [-0.2, -0.15) is 0 Å². The van der Waals surface area contributed by atoms with Gasteiger partial charge in [-0.25, -0.2) is 13.8 Å². The Morgan fingerprint density at radius 3 is 2.22 bits per heavy atom. The van der Waals surface area contributed by atoms with E-state index in [0.29, 0.717) is 35.8 Å². The van der Waals surface area contributed by atoms with Gasteiger partial charge in [0.15, 0.2) is 11.6 Å². The molecule has 2 N–H and O–H groups in total. The highest BCUT2D eigenvalue weighted by atomic mass is 19.1. The van der Waals surface area contributed by atoms with Crippen molar-refractivity contribution in [3.63, 3.8) is 0 Å². The van der Waals surface area contributed by atoms with E-state index in [2.05, 4.69) is 5.32 Å². The van der Waals surface area contributed by atoms with Crippen LogP contribution in [0.15, 0.2) is 108 Å². The van der Waals surface area contributed by atoms with Gasteiger partial charge in [0.2, 0.25) is 5.90 Å². The molecule has 2 atom stereocenters. The van der Waals surface area contributed by atoms with E-state index in [1.807, 2.05) is 60.7 Å². The van der Waals surface area contributed by atoms with Gasteiger partial charge >= 0.3 is 0 Å². The van der Waals surface area contributed by atoms with Crippen LogP contribution in [-0.4, -0.2) is 35.7 Å². The molecular formula is C33H30F2N2O4. The topological polar surface area (TPSA) is 80.2 Å². The molecule has 0 fully saturated rings. The second-order valence-electron chi connectivity index (χ2n) is 9.82. The average molecular weight is 557 g/mol. The number of aliphatic imine (C=N–C) groups is 1. The zero-order chi connectivity index (χ0) is 28.7. The summed E-state index contributed by atoms with van der Waals surface area (Å²) in [5.74, 6) is -0.939. The van der Waals surface area contributed by atoms with Crippen molar-refractivity contribution >= 4 is 11.8 Å². The van der Waals surface area contributed by atoms with Crippen LogP contribution >= 0.6 is 0 Å². The summed E-state index contributed by atoms with van der Waals surface area (Å²) in [5, 5.41) is 11.9. The third-order valence-corrected chi connectivity index (χ3v) is 6.82. The maximum atomic E-state index is 14.2. The zero-order valence-electron chi connectivity index (χ0n) is 22.3. The number of benzene rings is 4. The highest BCUT2D eigenvalue weighted by Gasteiger charge is 2.53. The largest absolute Gasteiger partial charge is 0.494 e. The second-order valence-corrected chi connectivity index (χ2v) is 9.82. The Kier molecular flexibility index (Phi) is 8.70. The molecule has 4 aromatic carbocycles. The summed E-state index contributed by atoms with van der Waals surface area (Å²) in [4.78, 5) is 19.1. The van der Waals surface area contributed by atoms with Gasteiger partial charge in [-0.3, -0.25) is 4.79 Å². The Balaban J connectivity index is 1.53. The lowest BCUT2D eigenvalue weighted by Gasteiger charge is -2.31. The molecule has 8 heteroatoms. The summed E-state index contributed by atoms with van der Waals surface area (Å²) in [6.07, 6.45) is -0.0261. The van der Waals surface area contributed by atoms with Gasteiger partial charge in [-0.05, 0) is 53.1 Å². The van der Waals surface area contributed by atoms with Crippen LogP contribution < -0.4 is 10.1 Å². The number of aliphatic hydroxyl groups excluding tert-OH is 1. The van der Waals surface area contributed by atoms with Crippen LogP contribution in [0.5, 0.6) is 5.75 Å². The summed E-state index contributed by atoms with van der Waals surface area (Å²) in [6.45, 7) is 0.346. The fraction of sp³-hybridized carbons (Fsp3) is 0.212. The predicted octanol–water partition coefficient (Wildman–Crippen LogP) is 5.54. The summed E-state index contributed by atoms with van der Waals surface area (Å²) < 4.78 is 39.8. The highest BCUT2D eigenvalue weighted by molar-refractivity contribution is 6.01. The number of nitrogens with zero attached hydrogens (tertiary/aromatic N) is 1. The molecule has 1 aliphatic heterocycles. The molecule has 41 heavy (non-hydrogen) atoms. The van der Waals surface area contributed by atoms with E-state index in [-0.39, 0.29) is 19.6 Å². The summed E-state index contributed by atoms with van der Waals surface area (Å²) in [5.41, 5.74) is 1.18. The van der Waals surface area contributed by atoms with Crippen molar-refractivity contribution in [1.29, 1.82) is 0 Å². The molecule has 4 aromatic rings. The van der Waals surface area contributed by atoms with E-state index in [4.69, 9.17) is 19.6 Å². The molecule has 0 saturated heterocycles. The number of nitrogens with one attached hydrogen (secondary N) is 1. The molecule has 0 bridgehead atoms. The van der Waals surface area contributed by atoms with Crippen LogP contribution in [0.1, 0.15) is 34.8 Å². The van der Waals surface area contributed by atoms with Crippen molar-refractivity contribution < 1.29 is 28.2 Å². The number of carbonyl (C=O) groups excluding carboxylic acids is 1. The van der Waals surface area contributed by atoms with Crippen LogP contribution in [0.25, 0.3) is 0 Å². The van der Waals surface area contributed by atoms with Crippen LogP contribution in [0.3, 0.4) is 0 Å². The fourth-order valence-corrected chi connectivity index (χ4v) is 4.87. The molecule has 0 saturated carbocycles. The number of ether oxygens (including phenoxy) is 2. The number of carbonyl (C=O) groups is 1. The fourth-order valence-electron chi connectivity index (χ4n) is 4.87. The smallest absolute Gasteiger partial charge is 0.252 e. The summed E-state index contributed by atoms with van der Waals surface area (Å²) in [6, 6.07) is 29.3. The van der Waals surface area contributed by atoms with E-state index in [1.54, 1.807) is 24.3 Å². The van der Waals surface area contributed by atoms with E-state index >= 15 is 0 Å². The molecule has 0 unspecified atom stereocenters. The van der Waals surface area contributed by atoms with Gasteiger partial charge < -0.3 is 19.9 Å². The molecule has 6 nitrogen and oxygen atoms in total. The van der Waals surface area contributed by atoms with Crippen LogP contribution in [0.4, 0.5) is 8.78 Å².